The van der Waals surface area contributed by atoms with E-state index in [4.69, 9.17) is 4.74 Å². The maximum atomic E-state index is 13.5. The predicted octanol–water partition coefficient (Wildman–Crippen LogP) is 3.35. The van der Waals surface area contributed by atoms with Crippen molar-refractivity contribution in [2.75, 3.05) is 33.3 Å². The van der Waals surface area contributed by atoms with Crippen LogP contribution in [-0.4, -0.2) is 66.9 Å². The Bertz CT molecular complexity index is 1020. The quantitative estimate of drug-likeness (QED) is 0.643. The van der Waals surface area contributed by atoms with Gasteiger partial charge < -0.3 is 19.9 Å². The van der Waals surface area contributed by atoms with Gasteiger partial charge in [0.25, 0.3) is 11.8 Å². The maximum Gasteiger partial charge on any atom is 0.253 e. The van der Waals surface area contributed by atoms with Gasteiger partial charge in [0.15, 0.2) is 0 Å². The Hall–Kier alpha value is -3.42. The minimum Gasteiger partial charge on any atom is -0.497 e. The molecule has 7 nitrogen and oxygen atoms in total. The van der Waals surface area contributed by atoms with Crippen LogP contribution in [0.4, 0.5) is 4.39 Å². The van der Waals surface area contributed by atoms with Crippen LogP contribution in [0.25, 0.3) is 0 Å². The third kappa shape index (κ3) is 5.92. The molecule has 1 heterocycles. The first kappa shape index (κ1) is 25.2. The van der Waals surface area contributed by atoms with Gasteiger partial charge in [0.2, 0.25) is 5.91 Å². The van der Waals surface area contributed by atoms with Crippen LogP contribution < -0.4 is 10.1 Å². The van der Waals surface area contributed by atoms with E-state index in [9.17, 15) is 18.8 Å². The second-order valence-corrected chi connectivity index (χ2v) is 8.33. The first-order valence-electron chi connectivity index (χ1n) is 11.7. The topological polar surface area (TPSA) is 79.0 Å². The Labute approximate surface area is 199 Å². The number of amides is 3. The van der Waals surface area contributed by atoms with Gasteiger partial charge in [-0.3, -0.25) is 14.4 Å². The van der Waals surface area contributed by atoms with Crippen molar-refractivity contribution in [1.29, 1.82) is 0 Å². The Balaban J connectivity index is 1.74. The van der Waals surface area contributed by atoms with Crippen molar-refractivity contribution in [3.05, 3.63) is 65.5 Å². The smallest absolute Gasteiger partial charge is 0.253 e. The molecular weight excluding hydrogens is 437 g/mol. The highest BCUT2D eigenvalue weighted by atomic mass is 19.1. The fourth-order valence-corrected chi connectivity index (χ4v) is 4.34. The molecule has 1 aliphatic rings. The minimum atomic E-state index is -0.704. The van der Waals surface area contributed by atoms with Gasteiger partial charge in [0.1, 0.15) is 17.6 Å². The van der Waals surface area contributed by atoms with Crippen LogP contribution in [0.2, 0.25) is 0 Å². The van der Waals surface area contributed by atoms with Crippen molar-refractivity contribution >= 4 is 17.7 Å². The highest BCUT2D eigenvalue weighted by molar-refractivity contribution is 5.98. The Morgan fingerprint density at radius 3 is 2.32 bits per heavy atom. The number of benzene rings is 2. The van der Waals surface area contributed by atoms with Crippen LogP contribution in [0.3, 0.4) is 0 Å². The molecule has 2 aromatic rings. The number of carbonyl (C=O) groups excluding carboxylic acids is 3. The average Bonchev–Trinajstić information content (AvgIpc) is 2.87. The van der Waals surface area contributed by atoms with Gasteiger partial charge >= 0.3 is 0 Å². The third-order valence-corrected chi connectivity index (χ3v) is 6.33. The number of likely N-dealkylation sites (N-methyl/N-ethyl adjacent to an activating group) is 1. The molecule has 1 N–H and O–H groups in total. The Morgan fingerprint density at radius 1 is 1.06 bits per heavy atom. The molecule has 1 aliphatic heterocycles. The van der Waals surface area contributed by atoms with E-state index in [-0.39, 0.29) is 23.6 Å². The summed E-state index contributed by atoms with van der Waals surface area (Å²) < 4.78 is 18.8. The molecule has 182 valence electrons. The molecule has 0 aromatic heterocycles. The standard InChI is InChI=1S/C26H32FN3O4/c1-4-29(5-2)26(33)23(28-24(31)19-8-7-11-22(17-19)34-3)18-12-14-30(15-13-18)25(32)20-9-6-10-21(27)16-20/h6-11,16-18,23H,4-5,12-15H2,1-3H3,(H,28,31)/t23-/m0/s1. The molecular formula is C26H32FN3O4. The number of piperidine rings is 1. The van der Waals surface area contributed by atoms with E-state index in [1.54, 1.807) is 40.1 Å². The van der Waals surface area contributed by atoms with Gasteiger partial charge in [0.05, 0.1) is 7.11 Å². The number of hydrogen-bond acceptors (Lipinski definition) is 4. The van der Waals surface area contributed by atoms with Crippen molar-refractivity contribution < 1.29 is 23.5 Å². The Morgan fingerprint density at radius 2 is 1.71 bits per heavy atom. The second-order valence-electron chi connectivity index (χ2n) is 8.33. The number of carbonyl (C=O) groups is 3. The van der Waals surface area contributed by atoms with Crippen molar-refractivity contribution in [3.63, 3.8) is 0 Å². The highest BCUT2D eigenvalue weighted by Gasteiger charge is 2.35. The first-order valence-corrected chi connectivity index (χ1v) is 11.7. The van der Waals surface area contributed by atoms with Gasteiger partial charge in [-0.05, 0) is 69.0 Å². The molecule has 0 saturated carbocycles. The summed E-state index contributed by atoms with van der Waals surface area (Å²) in [4.78, 5) is 42.5. The number of methoxy groups -OCH3 is 1. The monoisotopic (exact) mass is 469 g/mol. The second kappa shape index (κ2) is 11.6. The minimum absolute atomic E-state index is 0.126. The summed E-state index contributed by atoms with van der Waals surface area (Å²) in [7, 11) is 1.53. The van der Waals surface area contributed by atoms with Crippen molar-refractivity contribution in [3.8, 4) is 5.75 Å². The number of halogens is 1. The van der Waals surface area contributed by atoms with Gasteiger partial charge in [-0.15, -0.1) is 0 Å². The predicted molar refractivity (Wildman–Crippen MR) is 127 cm³/mol. The molecule has 0 aliphatic carbocycles. The summed E-state index contributed by atoms with van der Waals surface area (Å²) >= 11 is 0. The zero-order valence-corrected chi connectivity index (χ0v) is 19.9. The maximum absolute atomic E-state index is 13.5. The molecule has 0 spiro atoms. The molecule has 0 unspecified atom stereocenters. The van der Waals surface area contributed by atoms with E-state index in [0.29, 0.717) is 55.9 Å². The molecule has 3 amide bonds. The van der Waals surface area contributed by atoms with E-state index in [1.807, 2.05) is 13.8 Å². The summed E-state index contributed by atoms with van der Waals surface area (Å²) in [5.41, 5.74) is 0.718. The lowest BCUT2D eigenvalue weighted by molar-refractivity contribution is -0.134. The number of nitrogens with one attached hydrogen (secondary N) is 1. The molecule has 3 rings (SSSR count). The first-order chi connectivity index (χ1) is 16.4. The molecule has 0 radical (unpaired) electrons. The fraction of sp³-hybridized carbons (Fsp3) is 0.423. The van der Waals surface area contributed by atoms with Crippen molar-refractivity contribution in [1.82, 2.24) is 15.1 Å². The van der Waals surface area contributed by atoms with E-state index in [0.717, 1.165) is 0 Å². The summed E-state index contributed by atoms with van der Waals surface area (Å²) in [6.07, 6.45) is 1.11. The number of ether oxygens (including phenoxy) is 1. The van der Waals surface area contributed by atoms with E-state index < -0.39 is 11.9 Å². The largest absolute Gasteiger partial charge is 0.497 e. The third-order valence-electron chi connectivity index (χ3n) is 6.33. The van der Waals surface area contributed by atoms with Gasteiger partial charge in [-0.1, -0.05) is 12.1 Å². The summed E-state index contributed by atoms with van der Waals surface area (Å²) in [6.45, 7) is 5.74. The summed E-state index contributed by atoms with van der Waals surface area (Å²) in [6, 6.07) is 11.7. The van der Waals surface area contributed by atoms with E-state index >= 15 is 0 Å². The zero-order chi connectivity index (χ0) is 24.7. The lowest BCUT2D eigenvalue weighted by atomic mass is 9.87. The van der Waals surface area contributed by atoms with Crippen LogP contribution in [0.5, 0.6) is 5.75 Å². The normalized spacial score (nSPS) is 14.9. The van der Waals surface area contributed by atoms with E-state index in [2.05, 4.69) is 5.32 Å². The number of hydrogen-bond donors (Lipinski definition) is 1. The molecule has 34 heavy (non-hydrogen) atoms. The lowest BCUT2D eigenvalue weighted by Gasteiger charge is -2.37. The molecule has 2 aromatic carbocycles. The average molecular weight is 470 g/mol. The SMILES string of the molecule is CCN(CC)C(=O)[C@@H](NC(=O)c1cccc(OC)c1)C1CCN(C(=O)c2cccc(F)c2)CC1. The van der Waals surface area contributed by atoms with Gasteiger partial charge in [-0.2, -0.15) is 0 Å². The summed E-state index contributed by atoms with van der Waals surface area (Å²) in [5.74, 6) is -0.725. The van der Waals surface area contributed by atoms with E-state index in [1.165, 1.54) is 25.3 Å². The van der Waals surface area contributed by atoms with Crippen LogP contribution in [0.15, 0.2) is 48.5 Å². The van der Waals surface area contributed by atoms with Crippen LogP contribution in [0.1, 0.15) is 47.4 Å². The molecule has 0 bridgehead atoms. The zero-order valence-electron chi connectivity index (χ0n) is 19.9. The van der Waals surface area contributed by atoms with Gasteiger partial charge in [-0.25, -0.2) is 4.39 Å². The molecule has 1 saturated heterocycles. The Kier molecular flexibility index (Phi) is 8.62. The number of likely N-dealkylation sites (tertiary alicyclic amines) is 1. The van der Waals surface area contributed by atoms with Crippen molar-refractivity contribution in [2.24, 2.45) is 5.92 Å². The molecule has 8 heteroatoms. The van der Waals surface area contributed by atoms with Crippen molar-refractivity contribution in [2.45, 2.75) is 32.7 Å². The summed E-state index contributed by atoms with van der Waals surface area (Å²) in [5, 5.41) is 2.95. The fourth-order valence-electron chi connectivity index (χ4n) is 4.34. The lowest BCUT2D eigenvalue weighted by Crippen LogP contribution is -2.54. The van der Waals surface area contributed by atoms with Crippen LogP contribution >= 0.6 is 0 Å². The van der Waals surface area contributed by atoms with Gasteiger partial charge in [0, 0.05) is 37.3 Å². The molecule has 1 atom stereocenters. The molecule has 1 fully saturated rings. The number of nitrogens with zero attached hydrogens (tertiary/aromatic N) is 2. The number of rotatable bonds is 8. The highest BCUT2D eigenvalue weighted by Crippen LogP contribution is 2.24. The van der Waals surface area contributed by atoms with Crippen LogP contribution in [0, 0.1) is 11.7 Å². The van der Waals surface area contributed by atoms with Crippen LogP contribution in [-0.2, 0) is 4.79 Å².